The van der Waals surface area contributed by atoms with Crippen molar-refractivity contribution in [3.05, 3.63) is 42.1 Å². The molecule has 1 heteroatoms. The first-order valence-electron chi connectivity index (χ1n) is 5.06. The number of hydrogen-bond acceptors (Lipinski definition) is 1. The molecule has 0 bridgehead atoms. The normalized spacial score (nSPS) is 29.0. The van der Waals surface area contributed by atoms with Crippen molar-refractivity contribution in [3.8, 4) is 5.75 Å². The maximum atomic E-state index is 7.67. The van der Waals surface area contributed by atoms with E-state index in [-0.39, 0.29) is 18.3 Å². The molecule has 1 heterocycles. The fourth-order valence-corrected chi connectivity index (χ4v) is 0.822. The van der Waals surface area contributed by atoms with Crippen LogP contribution in [0.25, 0.3) is 0 Å². The lowest BCUT2D eigenvalue weighted by Crippen LogP contribution is -1.94. The SMILES string of the molecule is [2H]C1=C([2H])C([3H])c2c([3H])cccc2O1. The van der Waals surface area contributed by atoms with Crippen LogP contribution in [0.5, 0.6) is 5.75 Å². The summed E-state index contributed by atoms with van der Waals surface area (Å²) in [6.45, 7) is 0. The van der Waals surface area contributed by atoms with E-state index >= 15 is 0 Å². The van der Waals surface area contributed by atoms with Gasteiger partial charge in [0, 0.05) is 1.37 Å². The summed E-state index contributed by atoms with van der Waals surface area (Å²) >= 11 is 0. The minimum atomic E-state index is -0.972. The van der Waals surface area contributed by atoms with Gasteiger partial charge in [0.05, 0.1) is 8.98 Å². The maximum absolute atomic E-state index is 7.67. The van der Waals surface area contributed by atoms with E-state index in [9.17, 15) is 0 Å². The summed E-state index contributed by atoms with van der Waals surface area (Å²) in [4.78, 5) is 0. The van der Waals surface area contributed by atoms with E-state index in [1.165, 1.54) is 0 Å². The molecule has 50 valence electrons. The number of rotatable bonds is 0. The summed E-state index contributed by atoms with van der Waals surface area (Å²) in [7, 11) is 0. The van der Waals surface area contributed by atoms with Gasteiger partial charge in [-0.25, -0.2) is 0 Å². The largest absolute Gasteiger partial charge is 0.465 e. The Morgan fingerprint density at radius 1 is 1.80 bits per heavy atom. The second-order valence-electron chi connectivity index (χ2n) is 1.94. The van der Waals surface area contributed by atoms with Gasteiger partial charge in [-0.05, 0) is 24.1 Å². The molecule has 0 amide bonds. The highest BCUT2D eigenvalue weighted by Crippen LogP contribution is 2.21. The van der Waals surface area contributed by atoms with Crippen LogP contribution in [-0.2, 0) is 6.40 Å². The average molecular weight is 138 g/mol. The molecule has 1 aromatic carbocycles. The van der Waals surface area contributed by atoms with E-state index in [1.54, 1.807) is 18.2 Å². The number of para-hydroxylation sites is 1. The molecule has 0 aliphatic carbocycles. The van der Waals surface area contributed by atoms with E-state index in [2.05, 4.69) is 0 Å². The molecule has 1 atom stereocenters. The molecule has 0 radical (unpaired) electrons. The molecule has 1 aromatic rings. The highest BCUT2D eigenvalue weighted by atomic mass is 16.5. The highest BCUT2D eigenvalue weighted by molar-refractivity contribution is 5.36. The van der Waals surface area contributed by atoms with Gasteiger partial charge in [0.25, 0.3) is 0 Å². The van der Waals surface area contributed by atoms with Crippen molar-refractivity contribution in [2.75, 3.05) is 0 Å². The Morgan fingerprint density at radius 3 is 3.80 bits per heavy atom. The first-order valence-corrected chi connectivity index (χ1v) is 2.98. The molecule has 0 saturated heterocycles. The van der Waals surface area contributed by atoms with Crippen LogP contribution in [-0.4, -0.2) is 0 Å². The van der Waals surface area contributed by atoms with Gasteiger partial charge in [0.1, 0.15) is 7.12 Å². The Bertz CT molecular complexity index is 413. The topological polar surface area (TPSA) is 9.23 Å². The van der Waals surface area contributed by atoms with Crippen LogP contribution in [0.3, 0.4) is 0 Å². The number of hydrogen-bond donors (Lipinski definition) is 0. The first kappa shape index (κ1) is 2.79. The Hall–Kier alpha value is -1.24. The van der Waals surface area contributed by atoms with Crippen LogP contribution in [0, 0.1) is 0 Å². The number of benzene rings is 1. The van der Waals surface area contributed by atoms with Crippen molar-refractivity contribution >= 4 is 0 Å². The summed E-state index contributed by atoms with van der Waals surface area (Å²) in [5.41, 5.74) is 0.369. The summed E-state index contributed by atoms with van der Waals surface area (Å²) in [5.74, 6) is 0.346. The van der Waals surface area contributed by atoms with Gasteiger partial charge < -0.3 is 4.74 Å². The molecular weight excluding hydrogens is 124 g/mol. The molecule has 0 saturated carbocycles. The Morgan fingerprint density at radius 2 is 2.80 bits per heavy atom. The van der Waals surface area contributed by atoms with E-state index in [1.807, 2.05) is 0 Å². The molecule has 2 rings (SSSR count). The quantitative estimate of drug-likeness (QED) is 0.533. The molecule has 0 fully saturated rings. The first-order chi connectivity index (χ1) is 6.61. The zero-order valence-corrected chi connectivity index (χ0v) is 5.22. The van der Waals surface area contributed by atoms with Gasteiger partial charge in [-0.15, -0.1) is 0 Å². The fraction of sp³-hybridized carbons (Fsp3) is 0.111. The van der Waals surface area contributed by atoms with Gasteiger partial charge in [-0.1, -0.05) is 18.2 Å². The maximum Gasteiger partial charge on any atom is 0.130 e. The van der Waals surface area contributed by atoms with Crippen molar-refractivity contribution in [1.82, 2.24) is 0 Å². The van der Waals surface area contributed by atoms with Crippen LogP contribution in [0.4, 0.5) is 0 Å². The Labute approximate surface area is 65.6 Å². The van der Waals surface area contributed by atoms with E-state index < -0.39 is 6.40 Å². The second-order valence-corrected chi connectivity index (χ2v) is 1.94. The van der Waals surface area contributed by atoms with Gasteiger partial charge in [0.2, 0.25) is 0 Å². The number of ether oxygens (including phenoxy) is 1. The van der Waals surface area contributed by atoms with E-state index in [4.69, 9.17) is 10.2 Å². The summed E-state index contributed by atoms with van der Waals surface area (Å²) in [6, 6.07) is 4.77. The zero-order chi connectivity index (χ0) is 10.3. The predicted molar refractivity (Wildman–Crippen MR) is 39.9 cm³/mol. The van der Waals surface area contributed by atoms with Crippen molar-refractivity contribution < 1.29 is 10.2 Å². The summed E-state index contributed by atoms with van der Waals surface area (Å²) in [5, 5.41) is 0. The van der Waals surface area contributed by atoms with Gasteiger partial charge in [0.15, 0.2) is 0 Å². The van der Waals surface area contributed by atoms with Gasteiger partial charge >= 0.3 is 0 Å². The third-order valence-corrected chi connectivity index (χ3v) is 1.28. The molecular formula is C9H8O. The lowest BCUT2D eigenvalue weighted by Gasteiger charge is -2.09. The molecule has 0 spiro atoms. The fourth-order valence-electron chi connectivity index (χ4n) is 0.822. The summed E-state index contributed by atoms with van der Waals surface area (Å²) < 4.78 is 35.0. The average Bonchev–Trinajstić information content (AvgIpc) is 2.14. The molecule has 0 aromatic heterocycles. The number of allylic oxidation sites excluding steroid dienone is 1. The van der Waals surface area contributed by atoms with Crippen LogP contribution >= 0.6 is 0 Å². The molecule has 1 aliphatic rings. The van der Waals surface area contributed by atoms with Gasteiger partial charge in [-0.3, -0.25) is 0 Å². The molecule has 1 unspecified atom stereocenters. The van der Waals surface area contributed by atoms with Crippen molar-refractivity contribution in [3.63, 3.8) is 0 Å². The number of fused-ring (bicyclic) bond motifs is 1. The third-order valence-electron chi connectivity index (χ3n) is 1.28. The van der Waals surface area contributed by atoms with Crippen LogP contribution < -0.4 is 4.74 Å². The lowest BCUT2D eigenvalue weighted by atomic mass is 10.1. The molecule has 10 heavy (non-hydrogen) atoms. The summed E-state index contributed by atoms with van der Waals surface area (Å²) in [6.07, 6.45) is -1.27. The Balaban J connectivity index is 2.59. The standard InChI is InChI=1S/C9H8O/c1-2-6-9-8(4-1)5-3-7-10-9/h1-4,6-7H,5H2/i3D,4T,5T,7D. The Kier molecular flexibility index (Phi) is 0.607. The second kappa shape index (κ2) is 2.18. The highest BCUT2D eigenvalue weighted by Gasteiger charge is 2.02. The van der Waals surface area contributed by atoms with Crippen molar-refractivity contribution in [1.29, 1.82) is 0 Å². The molecule has 1 aliphatic heterocycles. The monoisotopic (exact) mass is 138 g/mol. The van der Waals surface area contributed by atoms with E-state index in [0.717, 1.165) is 0 Å². The third kappa shape index (κ3) is 0.798. The van der Waals surface area contributed by atoms with Crippen molar-refractivity contribution in [2.45, 2.75) is 6.40 Å². The molecule has 1 nitrogen and oxygen atoms in total. The van der Waals surface area contributed by atoms with Crippen molar-refractivity contribution in [2.24, 2.45) is 0 Å². The van der Waals surface area contributed by atoms with Crippen LogP contribution in [0.1, 0.15) is 11.0 Å². The minimum Gasteiger partial charge on any atom is -0.465 e. The smallest absolute Gasteiger partial charge is 0.130 e. The predicted octanol–water partition coefficient (Wildman–Crippen LogP) is 2.14. The van der Waals surface area contributed by atoms with E-state index in [0.29, 0.717) is 11.3 Å². The van der Waals surface area contributed by atoms with Crippen LogP contribution in [0.15, 0.2) is 36.5 Å². The molecule has 0 N–H and O–H groups in total. The minimum absolute atomic E-state index is 0.180. The van der Waals surface area contributed by atoms with Gasteiger partial charge in [-0.2, -0.15) is 0 Å². The lowest BCUT2D eigenvalue weighted by molar-refractivity contribution is 0.464. The zero-order valence-electron chi connectivity index (χ0n) is 9.22. The van der Waals surface area contributed by atoms with Crippen LogP contribution in [0.2, 0.25) is 0 Å².